The van der Waals surface area contributed by atoms with Gasteiger partial charge in [-0.05, 0) is 25.9 Å². The van der Waals surface area contributed by atoms with E-state index in [1.807, 2.05) is 0 Å². The predicted molar refractivity (Wildman–Crippen MR) is 107 cm³/mol. The molecule has 0 saturated carbocycles. The lowest BCUT2D eigenvalue weighted by Crippen LogP contribution is -2.35. The van der Waals surface area contributed by atoms with Gasteiger partial charge in [0.25, 0.3) is 0 Å². The van der Waals surface area contributed by atoms with E-state index in [9.17, 15) is 4.79 Å². The fraction of sp³-hybridized carbons (Fsp3) is 0.850. The Balaban J connectivity index is 3.24. The van der Waals surface area contributed by atoms with Crippen molar-refractivity contribution in [3.63, 3.8) is 0 Å². The molecule has 0 radical (unpaired) electrons. The number of ether oxygens (including phenoxy) is 1. The molecule has 0 aliphatic carbocycles. The smallest absolute Gasteiger partial charge is 0.334 e. The van der Waals surface area contributed by atoms with Crippen LogP contribution in [0.4, 0.5) is 0 Å². The topological polar surface area (TPSA) is 44.8 Å². The maximum Gasteiger partial charge on any atom is 0.334 e. The average Bonchev–Trinajstić information content (AvgIpc) is 2.61. The summed E-state index contributed by atoms with van der Waals surface area (Å²) in [5.74, 6) is -0.267. The molecule has 0 amide bonds. The predicted octanol–water partition coefficient (Wildman–Crippen LogP) is 5.76. The standard InChI is InChI=1S/C20H40O4Si/c1-19(2)20(21)24-17-15-13-11-9-7-6-8-10-12-14-16-18-25(5,22-3)23-4/h1,6-18H2,2-5H3. The molecule has 0 heterocycles. The second kappa shape index (κ2) is 15.6. The van der Waals surface area contributed by atoms with Crippen LogP contribution in [0.5, 0.6) is 0 Å². The number of hydrogen-bond donors (Lipinski definition) is 0. The van der Waals surface area contributed by atoms with Crippen LogP contribution in [-0.4, -0.2) is 35.4 Å². The van der Waals surface area contributed by atoms with Crippen molar-refractivity contribution in [2.45, 2.75) is 90.1 Å². The van der Waals surface area contributed by atoms with Crippen molar-refractivity contribution >= 4 is 14.5 Å². The molecule has 4 nitrogen and oxygen atoms in total. The van der Waals surface area contributed by atoms with Crippen molar-refractivity contribution < 1.29 is 18.4 Å². The monoisotopic (exact) mass is 372 g/mol. The molecule has 0 rings (SSSR count). The number of carbonyl (C=O) groups excluding carboxylic acids is 1. The van der Waals surface area contributed by atoms with E-state index in [1.54, 1.807) is 21.1 Å². The zero-order valence-corrected chi connectivity index (χ0v) is 18.0. The van der Waals surface area contributed by atoms with Crippen LogP contribution in [0.1, 0.15) is 77.6 Å². The second-order valence-electron chi connectivity index (χ2n) is 7.10. The van der Waals surface area contributed by atoms with Gasteiger partial charge in [0, 0.05) is 19.8 Å². The molecule has 148 valence electrons. The number of unbranched alkanes of at least 4 members (excludes halogenated alkanes) is 10. The van der Waals surface area contributed by atoms with Gasteiger partial charge >= 0.3 is 14.5 Å². The molecule has 0 unspecified atom stereocenters. The zero-order chi connectivity index (χ0) is 19.0. The molecule has 0 atom stereocenters. The van der Waals surface area contributed by atoms with Crippen LogP contribution in [-0.2, 0) is 18.4 Å². The van der Waals surface area contributed by atoms with Gasteiger partial charge in [0.1, 0.15) is 0 Å². The first-order valence-electron chi connectivity index (χ1n) is 9.88. The van der Waals surface area contributed by atoms with Gasteiger partial charge in [-0.25, -0.2) is 4.79 Å². The van der Waals surface area contributed by atoms with Gasteiger partial charge in [0.05, 0.1) is 6.61 Å². The largest absolute Gasteiger partial charge is 0.462 e. The summed E-state index contributed by atoms with van der Waals surface area (Å²) in [4.78, 5) is 11.2. The molecule has 0 fully saturated rings. The summed E-state index contributed by atoms with van der Waals surface area (Å²) in [6.07, 6.45) is 13.8. The Hall–Kier alpha value is -0.653. The summed E-state index contributed by atoms with van der Waals surface area (Å²) >= 11 is 0. The van der Waals surface area contributed by atoms with Gasteiger partial charge in [0.15, 0.2) is 0 Å². The van der Waals surface area contributed by atoms with Gasteiger partial charge in [-0.3, -0.25) is 0 Å². The van der Waals surface area contributed by atoms with Crippen LogP contribution >= 0.6 is 0 Å². The molecular formula is C20H40O4Si. The minimum atomic E-state index is -1.84. The molecule has 0 aromatic rings. The third-order valence-electron chi connectivity index (χ3n) is 4.72. The Bertz CT molecular complexity index is 354. The van der Waals surface area contributed by atoms with Crippen LogP contribution in [0.25, 0.3) is 0 Å². The molecule has 25 heavy (non-hydrogen) atoms. The zero-order valence-electron chi connectivity index (χ0n) is 17.0. The molecule has 0 bridgehead atoms. The van der Waals surface area contributed by atoms with Gasteiger partial charge < -0.3 is 13.6 Å². The van der Waals surface area contributed by atoms with E-state index >= 15 is 0 Å². The van der Waals surface area contributed by atoms with Crippen LogP contribution in [0.15, 0.2) is 12.2 Å². The summed E-state index contributed by atoms with van der Waals surface area (Å²) in [5, 5.41) is 0. The Kier molecular flexibility index (Phi) is 15.2. The van der Waals surface area contributed by atoms with Crippen LogP contribution < -0.4 is 0 Å². The number of rotatable bonds is 17. The lowest BCUT2D eigenvalue weighted by atomic mass is 10.1. The molecule has 0 saturated heterocycles. The highest BCUT2D eigenvalue weighted by Gasteiger charge is 2.27. The normalized spacial score (nSPS) is 11.5. The minimum Gasteiger partial charge on any atom is -0.462 e. The van der Waals surface area contributed by atoms with Crippen molar-refractivity contribution in [2.75, 3.05) is 20.8 Å². The maximum absolute atomic E-state index is 11.2. The van der Waals surface area contributed by atoms with Crippen LogP contribution in [0.2, 0.25) is 12.6 Å². The molecule has 0 aromatic heterocycles. The van der Waals surface area contributed by atoms with Gasteiger partial charge in [-0.2, -0.15) is 0 Å². The highest BCUT2D eigenvalue weighted by molar-refractivity contribution is 6.65. The third kappa shape index (κ3) is 14.2. The summed E-state index contributed by atoms with van der Waals surface area (Å²) in [6.45, 7) is 7.91. The Labute approximate surface area is 156 Å². The summed E-state index contributed by atoms with van der Waals surface area (Å²) < 4.78 is 16.1. The van der Waals surface area contributed by atoms with E-state index in [0.717, 1.165) is 18.9 Å². The van der Waals surface area contributed by atoms with E-state index in [-0.39, 0.29) is 5.97 Å². The first-order chi connectivity index (χ1) is 11.9. The molecule has 0 aromatic carbocycles. The van der Waals surface area contributed by atoms with Crippen molar-refractivity contribution in [1.29, 1.82) is 0 Å². The lowest BCUT2D eigenvalue weighted by Gasteiger charge is -2.22. The molecule has 0 aliphatic rings. The summed E-state index contributed by atoms with van der Waals surface area (Å²) in [7, 11) is 1.70. The number of carbonyl (C=O) groups is 1. The van der Waals surface area contributed by atoms with Crippen molar-refractivity contribution in [3.8, 4) is 0 Å². The quantitative estimate of drug-likeness (QED) is 0.141. The van der Waals surface area contributed by atoms with E-state index in [1.165, 1.54) is 57.8 Å². The van der Waals surface area contributed by atoms with E-state index < -0.39 is 8.56 Å². The van der Waals surface area contributed by atoms with Crippen molar-refractivity contribution in [3.05, 3.63) is 12.2 Å². The van der Waals surface area contributed by atoms with Gasteiger partial charge in [-0.1, -0.05) is 70.8 Å². The van der Waals surface area contributed by atoms with Gasteiger partial charge in [0.2, 0.25) is 0 Å². The highest BCUT2D eigenvalue weighted by atomic mass is 28.4. The number of esters is 1. The van der Waals surface area contributed by atoms with E-state index in [4.69, 9.17) is 13.6 Å². The molecular weight excluding hydrogens is 332 g/mol. The fourth-order valence-electron chi connectivity index (χ4n) is 2.71. The second-order valence-corrected chi connectivity index (χ2v) is 10.7. The maximum atomic E-state index is 11.2. The fourth-order valence-corrected chi connectivity index (χ4v) is 4.18. The summed E-state index contributed by atoms with van der Waals surface area (Å²) in [5.41, 5.74) is 0.480. The van der Waals surface area contributed by atoms with E-state index in [0.29, 0.717) is 12.2 Å². The van der Waals surface area contributed by atoms with E-state index in [2.05, 4.69) is 13.1 Å². The SMILES string of the molecule is C=C(C)C(=O)OCCCCCCCCCCCCC[Si](C)(OC)OC. The minimum absolute atomic E-state index is 0.267. The number of hydrogen-bond acceptors (Lipinski definition) is 4. The molecule has 5 heteroatoms. The van der Waals surface area contributed by atoms with Crippen LogP contribution in [0.3, 0.4) is 0 Å². The average molecular weight is 373 g/mol. The Morgan fingerprint density at radius 3 is 1.60 bits per heavy atom. The first kappa shape index (κ1) is 24.3. The summed E-state index contributed by atoms with van der Waals surface area (Å²) in [6, 6.07) is 1.10. The molecule has 0 N–H and O–H groups in total. The van der Waals surface area contributed by atoms with Crippen molar-refractivity contribution in [1.82, 2.24) is 0 Å². The Morgan fingerprint density at radius 1 is 0.800 bits per heavy atom. The first-order valence-corrected chi connectivity index (χ1v) is 12.4. The molecule has 0 aliphatic heterocycles. The van der Waals surface area contributed by atoms with Gasteiger partial charge in [-0.15, -0.1) is 0 Å². The molecule has 0 spiro atoms. The lowest BCUT2D eigenvalue weighted by molar-refractivity contribution is -0.139. The highest BCUT2D eigenvalue weighted by Crippen LogP contribution is 2.17. The van der Waals surface area contributed by atoms with Crippen molar-refractivity contribution in [2.24, 2.45) is 0 Å². The third-order valence-corrected chi connectivity index (χ3v) is 7.71. The Morgan fingerprint density at radius 2 is 1.20 bits per heavy atom. The van der Waals surface area contributed by atoms with Crippen LogP contribution in [0, 0.1) is 0 Å².